The highest BCUT2D eigenvalue weighted by Crippen LogP contribution is 2.36. The second-order valence-corrected chi connectivity index (χ2v) is 6.16. The van der Waals surface area contributed by atoms with Crippen molar-refractivity contribution in [2.24, 2.45) is 0 Å². The number of H-pyrrole nitrogens is 1. The first-order valence-electron chi connectivity index (χ1n) is 8.02. The van der Waals surface area contributed by atoms with Crippen LogP contribution in [0.15, 0.2) is 44.3 Å². The van der Waals surface area contributed by atoms with Crippen molar-refractivity contribution in [2.75, 3.05) is 7.11 Å². The lowest BCUT2D eigenvalue weighted by Gasteiger charge is -2.23. The highest BCUT2D eigenvalue weighted by Gasteiger charge is 2.34. The molecule has 0 amide bonds. The van der Waals surface area contributed by atoms with Gasteiger partial charge in [0.25, 0.3) is 5.56 Å². The quantitative estimate of drug-likeness (QED) is 0.710. The smallest absolute Gasteiger partial charge is 0.343 e. The average molecular weight is 353 g/mol. The molecule has 0 saturated carbocycles. The molecule has 0 bridgehead atoms. The largest absolute Gasteiger partial charge is 0.497 e. The van der Waals surface area contributed by atoms with Gasteiger partial charge in [-0.2, -0.15) is 0 Å². The summed E-state index contributed by atoms with van der Waals surface area (Å²) in [5.74, 6) is -0.125. The van der Waals surface area contributed by atoms with Gasteiger partial charge in [-0.1, -0.05) is 0 Å². The predicted octanol–water partition coefficient (Wildman–Crippen LogP) is 2.24. The van der Waals surface area contributed by atoms with Gasteiger partial charge in [0.15, 0.2) is 0 Å². The minimum Gasteiger partial charge on any atom is -0.497 e. The number of aromatic amines is 1. The van der Waals surface area contributed by atoms with E-state index < -0.39 is 17.5 Å². The molecular formula is C19H15NO6. The van der Waals surface area contributed by atoms with Gasteiger partial charge in [0, 0.05) is 23.6 Å². The summed E-state index contributed by atoms with van der Waals surface area (Å²) in [6.45, 7) is 1.59. The van der Waals surface area contributed by atoms with E-state index in [1.165, 1.54) is 6.07 Å². The Morgan fingerprint density at radius 1 is 1.15 bits per heavy atom. The van der Waals surface area contributed by atoms with Crippen LogP contribution in [0.4, 0.5) is 0 Å². The molecule has 1 atom stereocenters. The predicted molar refractivity (Wildman–Crippen MR) is 92.9 cm³/mol. The number of hydrogen-bond donors (Lipinski definition) is 1. The number of rotatable bonds is 2. The molecule has 0 unspecified atom stereocenters. The second kappa shape index (κ2) is 5.87. The van der Waals surface area contributed by atoms with E-state index in [0.29, 0.717) is 22.6 Å². The summed E-state index contributed by atoms with van der Waals surface area (Å²) in [5.41, 5.74) is 0.126. The maximum Gasteiger partial charge on any atom is 0.343 e. The van der Waals surface area contributed by atoms with Crippen LogP contribution in [0.5, 0.6) is 11.5 Å². The lowest BCUT2D eigenvalue weighted by atomic mass is 9.87. The standard InChI is InChI=1S/C19H15NO6/c1-9-5-15-17(19(23)25-9)12(8-16(21)26-15)13-6-10-3-4-11(24-2)7-14(10)20-18(13)22/h3-7,12H,8H2,1-2H3,(H,20,22)/t12-/m1/s1. The Labute approximate surface area is 147 Å². The molecule has 0 radical (unpaired) electrons. The maximum atomic E-state index is 12.6. The minimum atomic E-state index is -0.724. The van der Waals surface area contributed by atoms with Crippen LogP contribution in [0.2, 0.25) is 0 Å². The van der Waals surface area contributed by atoms with E-state index >= 15 is 0 Å². The minimum absolute atomic E-state index is 0.106. The molecule has 4 rings (SSSR count). The Bertz CT molecular complexity index is 1160. The number of carbonyl (C=O) groups is 1. The fourth-order valence-electron chi connectivity index (χ4n) is 3.27. The summed E-state index contributed by atoms with van der Waals surface area (Å²) >= 11 is 0. The van der Waals surface area contributed by atoms with E-state index in [1.807, 2.05) is 0 Å². The number of fused-ring (bicyclic) bond motifs is 2. The van der Waals surface area contributed by atoms with Crippen LogP contribution in [-0.4, -0.2) is 18.1 Å². The molecule has 0 fully saturated rings. The zero-order valence-electron chi connectivity index (χ0n) is 14.1. The lowest BCUT2D eigenvalue weighted by molar-refractivity contribution is -0.135. The third kappa shape index (κ3) is 2.57. The normalized spacial score (nSPS) is 16.2. The molecule has 0 aliphatic carbocycles. The van der Waals surface area contributed by atoms with Crippen molar-refractivity contribution in [1.29, 1.82) is 0 Å². The number of esters is 1. The third-order valence-corrected chi connectivity index (χ3v) is 4.47. The van der Waals surface area contributed by atoms with E-state index in [1.54, 1.807) is 38.3 Å². The molecule has 1 aromatic carbocycles. The molecule has 0 saturated heterocycles. The Balaban J connectivity index is 1.94. The molecule has 3 heterocycles. The number of aryl methyl sites for hydroxylation is 1. The highest BCUT2D eigenvalue weighted by molar-refractivity contribution is 5.82. The average Bonchev–Trinajstić information content (AvgIpc) is 2.59. The zero-order chi connectivity index (χ0) is 18.4. The molecule has 0 spiro atoms. The summed E-state index contributed by atoms with van der Waals surface area (Å²) in [4.78, 5) is 39.8. The van der Waals surface area contributed by atoms with Gasteiger partial charge >= 0.3 is 11.6 Å². The van der Waals surface area contributed by atoms with Crippen LogP contribution < -0.4 is 20.7 Å². The topological polar surface area (TPSA) is 98.6 Å². The first-order chi connectivity index (χ1) is 12.5. The van der Waals surface area contributed by atoms with Crippen molar-refractivity contribution in [3.8, 4) is 11.5 Å². The number of pyridine rings is 1. The molecule has 2 aromatic heterocycles. The zero-order valence-corrected chi connectivity index (χ0v) is 14.1. The number of benzene rings is 1. The van der Waals surface area contributed by atoms with E-state index in [2.05, 4.69) is 4.98 Å². The third-order valence-electron chi connectivity index (χ3n) is 4.47. The van der Waals surface area contributed by atoms with Crippen LogP contribution in [0.25, 0.3) is 10.9 Å². The van der Waals surface area contributed by atoms with Crippen LogP contribution in [0.3, 0.4) is 0 Å². The SMILES string of the molecule is COc1ccc2cc([C@H]3CC(=O)Oc4cc(C)oc(=O)c43)c(=O)[nH]c2c1. The van der Waals surface area contributed by atoms with Crippen molar-refractivity contribution in [1.82, 2.24) is 4.98 Å². The van der Waals surface area contributed by atoms with Crippen LogP contribution in [-0.2, 0) is 4.79 Å². The maximum absolute atomic E-state index is 12.6. The van der Waals surface area contributed by atoms with E-state index in [-0.39, 0.29) is 23.3 Å². The van der Waals surface area contributed by atoms with E-state index in [0.717, 1.165) is 5.39 Å². The van der Waals surface area contributed by atoms with Gasteiger partial charge in [0.1, 0.15) is 17.3 Å². The Morgan fingerprint density at radius 2 is 1.96 bits per heavy atom. The summed E-state index contributed by atoms with van der Waals surface area (Å²) in [7, 11) is 1.54. The second-order valence-electron chi connectivity index (χ2n) is 6.16. The molecular weight excluding hydrogens is 338 g/mol. The molecule has 1 N–H and O–H groups in total. The fraction of sp³-hybridized carbons (Fsp3) is 0.211. The van der Waals surface area contributed by atoms with Gasteiger partial charge in [-0.15, -0.1) is 0 Å². The monoisotopic (exact) mass is 353 g/mol. The first-order valence-corrected chi connectivity index (χ1v) is 8.02. The molecule has 1 aliphatic rings. The number of carbonyl (C=O) groups excluding carboxylic acids is 1. The van der Waals surface area contributed by atoms with Crippen LogP contribution >= 0.6 is 0 Å². The van der Waals surface area contributed by atoms with Gasteiger partial charge in [-0.05, 0) is 30.5 Å². The van der Waals surface area contributed by atoms with E-state index in [9.17, 15) is 14.4 Å². The summed E-state index contributed by atoms with van der Waals surface area (Å²) in [5, 5.41) is 0.761. The van der Waals surface area contributed by atoms with Crippen molar-refractivity contribution in [3.63, 3.8) is 0 Å². The Kier molecular flexibility index (Phi) is 3.64. The highest BCUT2D eigenvalue weighted by atomic mass is 16.5. The Morgan fingerprint density at radius 3 is 2.73 bits per heavy atom. The molecule has 132 valence electrons. The van der Waals surface area contributed by atoms with Gasteiger partial charge in [-0.25, -0.2) is 4.79 Å². The number of ether oxygens (including phenoxy) is 2. The molecule has 3 aromatic rings. The van der Waals surface area contributed by atoms with E-state index in [4.69, 9.17) is 13.9 Å². The number of nitrogens with one attached hydrogen (secondary N) is 1. The van der Waals surface area contributed by atoms with Gasteiger partial charge in [-0.3, -0.25) is 9.59 Å². The summed E-state index contributed by atoms with van der Waals surface area (Å²) < 4.78 is 15.5. The molecule has 7 heteroatoms. The summed E-state index contributed by atoms with van der Waals surface area (Å²) in [6.07, 6.45) is -0.106. The van der Waals surface area contributed by atoms with Gasteiger partial charge in [0.2, 0.25) is 0 Å². The lowest BCUT2D eigenvalue weighted by Crippen LogP contribution is -2.30. The number of hydrogen-bond acceptors (Lipinski definition) is 6. The Hall–Kier alpha value is -3.35. The number of aromatic nitrogens is 1. The van der Waals surface area contributed by atoms with Crippen molar-refractivity contribution in [3.05, 3.63) is 68.0 Å². The fourth-order valence-corrected chi connectivity index (χ4v) is 3.27. The number of methoxy groups -OCH3 is 1. The first kappa shape index (κ1) is 16.1. The van der Waals surface area contributed by atoms with Gasteiger partial charge in [0.05, 0.1) is 24.6 Å². The summed E-state index contributed by atoms with van der Waals surface area (Å²) in [6, 6.07) is 8.45. The van der Waals surface area contributed by atoms with Crippen molar-refractivity contribution >= 4 is 16.9 Å². The van der Waals surface area contributed by atoms with Crippen molar-refractivity contribution < 1.29 is 18.7 Å². The molecule has 7 nitrogen and oxygen atoms in total. The van der Waals surface area contributed by atoms with Gasteiger partial charge < -0.3 is 18.9 Å². The van der Waals surface area contributed by atoms with Crippen molar-refractivity contribution in [2.45, 2.75) is 19.3 Å². The van der Waals surface area contributed by atoms with Crippen LogP contribution in [0.1, 0.15) is 29.2 Å². The molecule has 1 aliphatic heterocycles. The van der Waals surface area contributed by atoms with Crippen LogP contribution in [0, 0.1) is 6.92 Å². The molecule has 26 heavy (non-hydrogen) atoms.